The van der Waals surface area contributed by atoms with E-state index < -0.39 is 0 Å². The summed E-state index contributed by atoms with van der Waals surface area (Å²) in [6, 6.07) is 6.16. The fourth-order valence-electron chi connectivity index (χ4n) is 1.68. The molecule has 0 amide bonds. The van der Waals surface area contributed by atoms with E-state index >= 15 is 0 Å². The number of rotatable bonds is 1. The number of aromatic amines is 2. The van der Waals surface area contributed by atoms with Crippen LogP contribution in [0.25, 0.3) is 22.2 Å². The van der Waals surface area contributed by atoms with Crippen molar-refractivity contribution in [2.45, 2.75) is 6.92 Å². The average molecular weight is 198 g/mol. The molecule has 2 aromatic heterocycles. The van der Waals surface area contributed by atoms with E-state index in [1.54, 1.807) is 0 Å². The van der Waals surface area contributed by atoms with Gasteiger partial charge in [-0.15, -0.1) is 0 Å². The molecule has 3 rings (SSSR count). The molecule has 0 saturated carbocycles. The summed E-state index contributed by atoms with van der Waals surface area (Å²) < 4.78 is 0. The molecule has 1 aromatic carbocycles. The molecule has 2 N–H and O–H groups in total. The van der Waals surface area contributed by atoms with Gasteiger partial charge in [0.15, 0.2) is 0 Å². The molecule has 0 fully saturated rings. The number of imidazole rings is 1. The van der Waals surface area contributed by atoms with Crippen LogP contribution in [0.2, 0.25) is 0 Å². The first-order chi connectivity index (χ1) is 7.33. The lowest BCUT2D eigenvalue weighted by molar-refractivity contribution is 1.12. The van der Waals surface area contributed by atoms with E-state index in [9.17, 15) is 0 Å². The van der Waals surface area contributed by atoms with Gasteiger partial charge in [0.25, 0.3) is 0 Å². The zero-order valence-corrected chi connectivity index (χ0v) is 8.28. The molecule has 0 atom stereocenters. The van der Waals surface area contributed by atoms with Crippen LogP contribution < -0.4 is 0 Å². The van der Waals surface area contributed by atoms with Crippen LogP contribution in [0.1, 0.15) is 5.82 Å². The lowest BCUT2D eigenvalue weighted by Gasteiger charge is -1.96. The van der Waals surface area contributed by atoms with E-state index in [1.807, 2.05) is 31.5 Å². The Hall–Kier alpha value is -2.10. The lowest BCUT2D eigenvalue weighted by Crippen LogP contribution is -1.78. The summed E-state index contributed by atoms with van der Waals surface area (Å²) in [6.07, 6.45) is 3.67. The van der Waals surface area contributed by atoms with E-state index in [0.717, 1.165) is 28.0 Å². The van der Waals surface area contributed by atoms with Crippen molar-refractivity contribution in [3.8, 4) is 11.3 Å². The molecule has 3 aromatic rings. The minimum Gasteiger partial charge on any atom is -0.342 e. The molecule has 0 aliphatic rings. The first-order valence-corrected chi connectivity index (χ1v) is 4.78. The van der Waals surface area contributed by atoms with Crippen LogP contribution in [0.5, 0.6) is 0 Å². The third-order valence-corrected chi connectivity index (χ3v) is 2.45. The number of fused-ring (bicyclic) bond motifs is 1. The summed E-state index contributed by atoms with van der Waals surface area (Å²) in [5.74, 6) is 0.928. The van der Waals surface area contributed by atoms with Crippen molar-refractivity contribution < 1.29 is 0 Å². The Morgan fingerprint density at radius 3 is 2.93 bits per heavy atom. The number of benzene rings is 1. The van der Waals surface area contributed by atoms with E-state index in [1.165, 1.54) is 0 Å². The van der Waals surface area contributed by atoms with Crippen LogP contribution in [-0.4, -0.2) is 20.2 Å². The van der Waals surface area contributed by atoms with E-state index in [4.69, 9.17) is 0 Å². The molecule has 4 nitrogen and oxygen atoms in total. The van der Waals surface area contributed by atoms with Crippen molar-refractivity contribution in [1.82, 2.24) is 20.2 Å². The largest absolute Gasteiger partial charge is 0.342 e. The number of aromatic nitrogens is 4. The molecule has 0 unspecified atom stereocenters. The highest BCUT2D eigenvalue weighted by Crippen LogP contribution is 2.21. The highest BCUT2D eigenvalue weighted by molar-refractivity contribution is 5.83. The van der Waals surface area contributed by atoms with Crippen molar-refractivity contribution in [3.63, 3.8) is 0 Å². The second kappa shape index (κ2) is 2.95. The van der Waals surface area contributed by atoms with Crippen LogP contribution in [-0.2, 0) is 0 Å². The molecule has 2 heterocycles. The summed E-state index contributed by atoms with van der Waals surface area (Å²) in [4.78, 5) is 7.39. The van der Waals surface area contributed by atoms with Gasteiger partial charge in [0.05, 0.1) is 23.6 Å². The summed E-state index contributed by atoms with van der Waals surface area (Å²) in [6.45, 7) is 1.94. The normalized spacial score (nSPS) is 11.0. The topological polar surface area (TPSA) is 57.4 Å². The molecule has 0 aliphatic heterocycles. The van der Waals surface area contributed by atoms with Gasteiger partial charge in [-0.05, 0) is 19.1 Å². The third kappa shape index (κ3) is 1.30. The molecule has 0 saturated heterocycles. The molecule has 0 radical (unpaired) electrons. The maximum Gasteiger partial charge on any atom is 0.103 e. The Balaban J connectivity index is 2.18. The van der Waals surface area contributed by atoms with Gasteiger partial charge < -0.3 is 4.98 Å². The zero-order chi connectivity index (χ0) is 10.3. The highest BCUT2D eigenvalue weighted by Gasteiger charge is 2.02. The number of nitrogens with one attached hydrogen (secondary N) is 2. The number of aryl methyl sites for hydroxylation is 1. The van der Waals surface area contributed by atoms with Gasteiger partial charge in [-0.2, -0.15) is 5.10 Å². The Morgan fingerprint density at radius 2 is 2.13 bits per heavy atom. The van der Waals surface area contributed by atoms with Gasteiger partial charge in [-0.3, -0.25) is 5.10 Å². The quantitative estimate of drug-likeness (QED) is 0.630. The summed E-state index contributed by atoms with van der Waals surface area (Å²) in [5.41, 5.74) is 3.22. The van der Waals surface area contributed by atoms with Crippen molar-refractivity contribution >= 4 is 10.9 Å². The molecule has 0 aliphatic carbocycles. The van der Waals surface area contributed by atoms with Gasteiger partial charge in [0, 0.05) is 10.9 Å². The monoisotopic (exact) mass is 198 g/mol. The minimum atomic E-state index is 0.928. The van der Waals surface area contributed by atoms with Gasteiger partial charge in [-0.1, -0.05) is 6.07 Å². The predicted molar refractivity (Wildman–Crippen MR) is 58.4 cm³/mol. The van der Waals surface area contributed by atoms with Crippen LogP contribution in [0.3, 0.4) is 0 Å². The fourth-order valence-corrected chi connectivity index (χ4v) is 1.68. The van der Waals surface area contributed by atoms with Gasteiger partial charge in [0.2, 0.25) is 0 Å². The number of nitrogens with zero attached hydrogens (tertiary/aromatic N) is 2. The minimum absolute atomic E-state index is 0.928. The number of H-pyrrole nitrogens is 2. The molecular weight excluding hydrogens is 188 g/mol. The zero-order valence-electron chi connectivity index (χ0n) is 8.28. The van der Waals surface area contributed by atoms with Gasteiger partial charge in [-0.25, -0.2) is 4.98 Å². The van der Waals surface area contributed by atoms with Crippen LogP contribution in [0, 0.1) is 6.92 Å². The first-order valence-electron chi connectivity index (χ1n) is 4.78. The predicted octanol–water partition coefficient (Wildman–Crippen LogP) is 2.26. The molecule has 15 heavy (non-hydrogen) atoms. The first kappa shape index (κ1) is 8.23. The van der Waals surface area contributed by atoms with Crippen molar-refractivity contribution in [1.29, 1.82) is 0 Å². The second-order valence-electron chi connectivity index (χ2n) is 3.55. The smallest absolute Gasteiger partial charge is 0.103 e. The molecule has 0 spiro atoms. The SMILES string of the molecule is Cc1ncc(-c2ccc3[nH]ncc3c2)[nH]1. The second-order valence-corrected chi connectivity index (χ2v) is 3.55. The summed E-state index contributed by atoms with van der Waals surface area (Å²) in [5, 5.41) is 8.03. The van der Waals surface area contributed by atoms with Crippen molar-refractivity contribution in [2.75, 3.05) is 0 Å². The van der Waals surface area contributed by atoms with Gasteiger partial charge in [0.1, 0.15) is 5.82 Å². The Bertz CT molecular complexity index is 606. The molecule has 74 valence electrons. The summed E-state index contributed by atoms with van der Waals surface area (Å²) in [7, 11) is 0. The van der Waals surface area contributed by atoms with E-state index in [0.29, 0.717) is 0 Å². The van der Waals surface area contributed by atoms with Crippen molar-refractivity contribution in [2.24, 2.45) is 0 Å². The molecule has 4 heteroatoms. The highest BCUT2D eigenvalue weighted by atomic mass is 15.1. The molecular formula is C11H10N4. The van der Waals surface area contributed by atoms with E-state index in [-0.39, 0.29) is 0 Å². The Kier molecular flexibility index (Phi) is 1.62. The average Bonchev–Trinajstić information content (AvgIpc) is 2.84. The standard InChI is InChI=1S/C11H10N4/c1-7-12-6-11(14-7)8-2-3-10-9(4-8)5-13-15-10/h2-6H,1H3,(H,12,14)(H,13,15). The number of hydrogen-bond acceptors (Lipinski definition) is 2. The Morgan fingerprint density at radius 1 is 1.20 bits per heavy atom. The van der Waals surface area contributed by atoms with Crippen LogP contribution >= 0.6 is 0 Å². The van der Waals surface area contributed by atoms with Crippen LogP contribution in [0.15, 0.2) is 30.6 Å². The van der Waals surface area contributed by atoms with Crippen LogP contribution in [0.4, 0.5) is 0 Å². The maximum atomic E-state index is 4.18. The lowest BCUT2D eigenvalue weighted by atomic mass is 10.1. The van der Waals surface area contributed by atoms with Gasteiger partial charge >= 0.3 is 0 Å². The number of hydrogen-bond donors (Lipinski definition) is 2. The third-order valence-electron chi connectivity index (χ3n) is 2.45. The Labute approximate surface area is 86.4 Å². The maximum absolute atomic E-state index is 4.18. The van der Waals surface area contributed by atoms with Crippen molar-refractivity contribution in [3.05, 3.63) is 36.4 Å². The fraction of sp³-hybridized carbons (Fsp3) is 0.0909. The summed E-state index contributed by atoms with van der Waals surface area (Å²) >= 11 is 0. The van der Waals surface area contributed by atoms with E-state index in [2.05, 4.69) is 26.2 Å². The molecule has 0 bridgehead atoms.